The average molecular weight is 567 g/mol. The highest BCUT2D eigenvalue weighted by molar-refractivity contribution is 14.0. The number of rotatable bonds is 11. The van der Waals surface area contributed by atoms with E-state index in [4.69, 9.17) is 4.74 Å². The van der Waals surface area contributed by atoms with Crippen LogP contribution in [0.2, 0.25) is 0 Å². The average Bonchev–Trinajstić information content (AvgIpc) is 3.25. The van der Waals surface area contributed by atoms with Gasteiger partial charge in [0, 0.05) is 37.5 Å². The van der Waals surface area contributed by atoms with Gasteiger partial charge in [0.2, 0.25) is 10.0 Å². The number of nitrogens with zero attached hydrogens (tertiary/aromatic N) is 1. The van der Waals surface area contributed by atoms with Crippen molar-refractivity contribution in [3.05, 3.63) is 52.2 Å². The first-order valence-electron chi connectivity index (χ1n) is 9.59. The van der Waals surface area contributed by atoms with Crippen molar-refractivity contribution in [1.82, 2.24) is 15.4 Å². The predicted octanol–water partition coefficient (Wildman–Crippen LogP) is 3.15. The molecule has 0 aliphatic rings. The first kappa shape index (κ1) is 26.8. The molecule has 30 heavy (non-hydrogen) atoms. The minimum atomic E-state index is -3.56. The highest BCUT2D eigenvalue weighted by Gasteiger charge is 2.13. The normalized spacial score (nSPS) is 12.8. The lowest BCUT2D eigenvalue weighted by Gasteiger charge is -2.15. The summed E-state index contributed by atoms with van der Waals surface area (Å²) in [6, 6.07) is 11.0. The molecular formula is C20H31IN4O3S2. The maximum absolute atomic E-state index is 12.4. The zero-order valence-electron chi connectivity index (χ0n) is 17.6. The Labute approximate surface area is 200 Å². The molecule has 0 bridgehead atoms. The molecule has 0 radical (unpaired) electrons. The van der Waals surface area contributed by atoms with Crippen LogP contribution in [-0.4, -0.2) is 47.7 Å². The van der Waals surface area contributed by atoms with E-state index in [0.717, 1.165) is 18.7 Å². The molecule has 0 aliphatic carbocycles. The fourth-order valence-corrected chi connectivity index (χ4v) is 4.48. The van der Waals surface area contributed by atoms with Gasteiger partial charge in [0.25, 0.3) is 0 Å². The molecule has 3 N–H and O–H groups in total. The molecule has 2 rings (SSSR count). The number of halogens is 1. The molecule has 2 aromatic rings. The molecule has 7 nitrogen and oxygen atoms in total. The maximum Gasteiger partial charge on any atom is 0.240 e. The predicted molar refractivity (Wildman–Crippen MR) is 134 cm³/mol. The third kappa shape index (κ3) is 8.88. The van der Waals surface area contributed by atoms with Crippen molar-refractivity contribution in [3.63, 3.8) is 0 Å². The second-order valence-electron chi connectivity index (χ2n) is 6.53. The monoisotopic (exact) mass is 566 g/mol. The topological polar surface area (TPSA) is 91.8 Å². The van der Waals surface area contributed by atoms with Crippen molar-refractivity contribution in [1.29, 1.82) is 0 Å². The second kappa shape index (κ2) is 14.0. The van der Waals surface area contributed by atoms with Gasteiger partial charge in [-0.3, -0.25) is 0 Å². The molecule has 0 spiro atoms. The lowest BCUT2D eigenvalue weighted by atomic mass is 10.1. The molecule has 0 amide bonds. The Hall–Kier alpha value is -1.21. The lowest BCUT2D eigenvalue weighted by Crippen LogP contribution is -2.39. The summed E-state index contributed by atoms with van der Waals surface area (Å²) in [5.74, 6) is 1.09. The summed E-state index contributed by atoms with van der Waals surface area (Å²) in [6.07, 6.45) is 0. The number of sulfonamides is 1. The Kier molecular flexibility index (Phi) is 12.5. The van der Waals surface area contributed by atoms with Crippen LogP contribution in [0.25, 0.3) is 0 Å². The quantitative estimate of drug-likeness (QED) is 0.168. The minimum Gasteiger partial charge on any atom is -0.383 e. The van der Waals surface area contributed by atoms with Crippen molar-refractivity contribution in [2.75, 3.05) is 33.4 Å². The number of ether oxygens (including phenoxy) is 1. The summed E-state index contributed by atoms with van der Waals surface area (Å²) in [4.78, 5) is 6.15. The van der Waals surface area contributed by atoms with E-state index in [1.54, 1.807) is 29.5 Å². The summed E-state index contributed by atoms with van der Waals surface area (Å²) in [7, 11) is -2.03. The van der Waals surface area contributed by atoms with Crippen LogP contribution in [0, 0.1) is 0 Å². The van der Waals surface area contributed by atoms with Crippen molar-refractivity contribution in [2.45, 2.75) is 31.2 Å². The van der Waals surface area contributed by atoms with E-state index in [-0.39, 0.29) is 35.4 Å². The SMILES string of the molecule is CCNC(=NCc1cccc(S(=O)(=O)NCCOC)c1)NCC(C)c1cccs1.I. The zero-order valence-corrected chi connectivity index (χ0v) is 21.5. The standard InChI is InChI=1S/C20H30N4O3S2.HI/c1-4-21-20(22-14-16(2)19-9-6-12-28-19)23-15-17-7-5-8-18(13-17)29(25,26)24-10-11-27-3;/h5-9,12-13,16,24H,4,10-11,14-15H2,1-3H3,(H2,21,22,23);1H. The Morgan fingerprint density at radius 1 is 1.23 bits per heavy atom. The summed E-state index contributed by atoms with van der Waals surface area (Å²) in [5, 5.41) is 8.67. The fraction of sp³-hybridized carbons (Fsp3) is 0.450. The summed E-state index contributed by atoms with van der Waals surface area (Å²) in [5.41, 5.74) is 0.822. The maximum atomic E-state index is 12.4. The van der Waals surface area contributed by atoms with Crippen molar-refractivity contribution in [3.8, 4) is 0 Å². The number of aliphatic imine (C=N–C) groups is 1. The van der Waals surface area contributed by atoms with Crippen LogP contribution in [0.1, 0.15) is 30.2 Å². The van der Waals surface area contributed by atoms with E-state index >= 15 is 0 Å². The molecule has 1 heterocycles. The van der Waals surface area contributed by atoms with Crippen LogP contribution < -0.4 is 15.4 Å². The van der Waals surface area contributed by atoms with E-state index in [1.165, 1.54) is 12.0 Å². The molecule has 0 saturated heterocycles. The smallest absolute Gasteiger partial charge is 0.240 e. The van der Waals surface area contributed by atoms with Gasteiger partial charge in [-0.05, 0) is 36.1 Å². The molecule has 1 atom stereocenters. The van der Waals surface area contributed by atoms with Gasteiger partial charge in [0.15, 0.2) is 5.96 Å². The van der Waals surface area contributed by atoms with Gasteiger partial charge in [-0.1, -0.05) is 25.1 Å². The van der Waals surface area contributed by atoms with E-state index in [9.17, 15) is 8.42 Å². The minimum absolute atomic E-state index is 0. The van der Waals surface area contributed by atoms with Gasteiger partial charge in [-0.2, -0.15) is 0 Å². The van der Waals surface area contributed by atoms with Crippen molar-refractivity contribution < 1.29 is 13.2 Å². The molecule has 1 unspecified atom stereocenters. The van der Waals surface area contributed by atoms with E-state index in [0.29, 0.717) is 25.0 Å². The number of guanidine groups is 1. The molecule has 0 fully saturated rings. The van der Waals surface area contributed by atoms with Crippen molar-refractivity contribution in [2.24, 2.45) is 4.99 Å². The largest absolute Gasteiger partial charge is 0.383 e. The highest BCUT2D eigenvalue weighted by atomic mass is 127. The highest BCUT2D eigenvalue weighted by Crippen LogP contribution is 2.19. The van der Waals surface area contributed by atoms with Crippen LogP contribution in [0.5, 0.6) is 0 Å². The van der Waals surface area contributed by atoms with Crippen molar-refractivity contribution >= 4 is 51.3 Å². The fourth-order valence-electron chi connectivity index (χ4n) is 2.61. The molecule has 1 aromatic heterocycles. The summed E-state index contributed by atoms with van der Waals surface area (Å²) < 4.78 is 32.1. The first-order chi connectivity index (χ1) is 14.0. The summed E-state index contributed by atoms with van der Waals surface area (Å²) >= 11 is 1.75. The Morgan fingerprint density at radius 2 is 2.03 bits per heavy atom. The zero-order chi connectivity index (χ0) is 21.1. The van der Waals surface area contributed by atoms with Gasteiger partial charge in [-0.15, -0.1) is 35.3 Å². The Balaban J connectivity index is 0.00000450. The number of hydrogen-bond donors (Lipinski definition) is 3. The van der Waals surface area contributed by atoms with Crippen LogP contribution in [-0.2, 0) is 21.3 Å². The number of thiophene rings is 1. The molecule has 0 saturated carbocycles. The third-order valence-electron chi connectivity index (χ3n) is 4.18. The second-order valence-corrected chi connectivity index (χ2v) is 9.28. The van der Waals surface area contributed by atoms with Gasteiger partial charge >= 0.3 is 0 Å². The van der Waals surface area contributed by atoms with Crippen LogP contribution in [0.3, 0.4) is 0 Å². The van der Waals surface area contributed by atoms with E-state index < -0.39 is 10.0 Å². The molecule has 10 heteroatoms. The lowest BCUT2D eigenvalue weighted by molar-refractivity contribution is 0.204. The van der Waals surface area contributed by atoms with E-state index in [1.807, 2.05) is 13.0 Å². The van der Waals surface area contributed by atoms with Crippen LogP contribution in [0.4, 0.5) is 0 Å². The van der Waals surface area contributed by atoms with E-state index in [2.05, 4.69) is 44.8 Å². The Morgan fingerprint density at radius 3 is 2.70 bits per heavy atom. The van der Waals surface area contributed by atoms with Crippen LogP contribution >= 0.6 is 35.3 Å². The number of benzene rings is 1. The molecule has 168 valence electrons. The number of methoxy groups -OCH3 is 1. The number of nitrogens with one attached hydrogen (secondary N) is 3. The van der Waals surface area contributed by atoms with Gasteiger partial charge < -0.3 is 15.4 Å². The van der Waals surface area contributed by atoms with Gasteiger partial charge in [0.1, 0.15) is 0 Å². The number of hydrogen-bond acceptors (Lipinski definition) is 5. The van der Waals surface area contributed by atoms with Gasteiger partial charge in [-0.25, -0.2) is 18.1 Å². The van der Waals surface area contributed by atoms with Gasteiger partial charge in [0.05, 0.1) is 18.0 Å². The molecular weight excluding hydrogens is 535 g/mol. The molecule has 1 aromatic carbocycles. The van der Waals surface area contributed by atoms with Crippen LogP contribution in [0.15, 0.2) is 51.7 Å². The summed E-state index contributed by atoms with van der Waals surface area (Å²) in [6.45, 7) is 6.64. The Bertz CT molecular complexity index is 874. The third-order valence-corrected chi connectivity index (χ3v) is 6.74. The molecule has 0 aliphatic heterocycles. The first-order valence-corrected chi connectivity index (χ1v) is 12.0.